The number of ether oxygens (including phenoxy) is 2. The second-order valence-electron chi connectivity index (χ2n) is 11.2. The molecule has 0 fully saturated rings. The Bertz CT molecular complexity index is 561. The minimum atomic E-state index is -1.32. The van der Waals surface area contributed by atoms with Gasteiger partial charge in [-0.3, -0.25) is 0 Å². The Morgan fingerprint density at radius 1 is 0.972 bits per heavy atom. The predicted octanol–water partition coefficient (Wildman–Crippen LogP) is 7.85. The Hall–Kier alpha value is -0.720. The molecule has 1 amide bonds. The van der Waals surface area contributed by atoms with Crippen LogP contribution in [0.25, 0.3) is 0 Å². The summed E-state index contributed by atoms with van der Waals surface area (Å²) < 4.78 is 25.9. The summed E-state index contributed by atoms with van der Waals surface area (Å²) in [6.45, 7) is 24.0. The van der Waals surface area contributed by atoms with E-state index in [1.807, 2.05) is 20.8 Å². The lowest BCUT2D eigenvalue weighted by molar-refractivity contribution is 0.0376. The first kappa shape index (κ1) is 35.3. The van der Waals surface area contributed by atoms with Gasteiger partial charge in [0.1, 0.15) is 5.60 Å². The first-order valence-corrected chi connectivity index (χ1v) is 15.1. The molecular weight excluding hydrogens is 475 g/mol. The number of unbranched alkanes of at least 4 members (excludes halogenated alkanes) is 4. The summed E-state index contributed by atoms with van der Waals surface area (Å²) in [5.41, 5.74) is -0.575. The molecule has 0 aromatic heterocycles. The standard InChI is InChI=1S/C28H57N2O5P/c1-11-13-14-15-16-17-25(7)18-20-32-21-26(29-27(31)35-28(8,9)10)22-34-36(33-19-12-2)30(23(3)4)24(5)6/h12,23-26H,2,11,13-22H2,1,3-10H3,(H,29,31)/t25-,26-,36?/m1/s1. The van der Waals surface area contributed by atoms with Crippen molar-refractivity contribution in [1.82, 2.24) is 9.99 Å². The summed E-state index contributed by atoms with van der Waals surface area (Å²) >= 11 is 0. The Kier molecular flexibility index (Phi) is 19.9. The second kappa shape index (κ2) is 20.3. The van der Waals surface area contributed by atoms with Crippen molar-refractivity contribution in [2.75, 3.05) is 26.4 Å². The second-order valence-corrected chi connectivity index (χ2v) is 12.7. The lowest BCUT2D eigenvalue weighted by atomic mass is 9.99. The van der Waals surface area contributed by atoms with Gasteiger partial charge in [-0.2, -0.15) is 0 Å². The molecule has 0 spiro atoms. The van der Waals surface area contributed by atoms with Gasteiger partial charge in [-0.1, -0.05) is 58.4 Å². The highest BCUT2D eigenvalue weighted by atomic mass is 31.2. The molecule has 8 heteroatoms. The van der Waals surface area contributed by atoms with Crippen molar-refractivity contribution >= 4 is 14.6 Å². The molecule has 7 nitrogen and oxygen atoms in total. The summed E-state index contributed by atoms with van der Waals surface area (Å²) in [5.74, 6) is 0.630. The van der Waals surface area contributed by atoms with Gasteiger partial charge in [0.2, 0.25) is 0 Å². The van der Waals surface area contributed by atoms with E-state index in [0.29, 0.717) is 25.7 Å². The highest BCUT2D eigenvalue weighted by Crippen LogP contribution is 2.45. The van der Waals surface area contributed by atoms with Crippen LogP contribution in [-0.4, -0.2) is 60.9 Å². The summed E-state index contributed by atoms with van der Waals surface area (Å²) in [7, 11) is -1.32. The number of carbonyl (C=O) groups excluding carboxylic acids is 1. The van der Waals surface area contributed by atoms with Crippen molar-refractivity contribution in [2.24, 2.45) is 5.92 Å². The molecule has 3 atom stereocenters. The third kappa shape index (κ3) is 18.5. The normalized spacial score (nSPS) is 14.8. The van der Waals surface area contributed by atoms with E-state index in [1.54, 1.807) is 6.08 Å². The molecule has 0 aliphatic carbocycles. The molecule has 1 N–H and O–H groups in total. The van der Waals surface area contributed by atoms with Gasteiger partial charge >= 0.3 is 6.09 Å². The summed E-state index contributed by atoms with van der Waals surface area (Å²) in [5, 5.41) is 2.93. The Labute approximate surface area is 224 Å². The molecule has 0 radical (unpaired) electrons. The van der Waals surface area contributed by atoms with E-state index >= 15 is 0 Å². The number of carbonyl (C=O) groups is 1. The maximum absolute atomic E-state index is 12.5. The fourth-order valence-corrected chi connectivity index (χ4v) is 5.41. The lowest BCUT2D eigenvalue weighted by Crippen LogP contribution is -2.44. The number of alkyl carbamates (subject to hydrolysis) is 1. The zero-order valence-electron chi connectivity index (χ0n) is 24.8. The van der Waals surface area contributed by atoms with Gasteiger partial charge in [0, 0.05) is 18.7 Å². The summed E-state index contributed by atoms with van der Waals surface area (Å²) in [6, 6.07) is 0.151. The number of nitrogens with one attached hydrogen (secondary N) is 1. The summed E-state index contributed by atoms with van der Waals surface area (Å²) in [4.78, 5) is 12.5. The van der Waals surface area contributed by atoms with Crippen LogP contribution < -0.4 is 5.32 Å². The molecule has 0 aromatic rings. The van der Waals surface area contributed by atoms with Gasteiger partial charge in [0.05, 0.1) is 25.9 Å². The average molecular weight is 533 g/mol. The first-order chi connectivity index (χ1) is 16.9. The minimum absolute atomic E-state index is 0.248. The fraction of sp³-hybridized carbons (Fsp3) is 0.893. The number of rotatable bonds is 21. The molecule has 0 bridgehead atoms. The van der Waals surface area contributed by atoms with Gasteiger partial charge in [0.25, 0.3) is 8.53 Å². The van der Waals surface area contributed by atoms with E-state index in [1.165, 1.54) is 38.5 Å². The lowest BCUT2D eigenvalue weighted by Gasteiger charge is -2.36. The van der Waals surface area contributed by atoms with Crippen LogP contribution in [0.2, 0.25) is 0 Å². The van der Waals surface area contributed by atoms with Crippen molar-refractivity contribution in [3.63, 3.8) is 0 Å². The number of amides is 1. The third-order valence-corrected chi connectivity index (χ3v) is 7.57. The molecule has 0 saturated heterocycles. The zero-order valence-corrected chi connectivity index (χ0v) is 25.7. The SMILES string of the molecule is C=CCOP(OC[C@@H](COCC[C@H](C)CCCCCCC)NC(=O)OC(C)(C)C)N(C(C)C)C(C)C. The number of nitrogens with zero attached hydrogens (tertiary/aromatic N) is 1. The Balaban J connectivity index is 4.94. The van der Waals surface area contributed by atoms with E-state index in [-0.39, 0.29) is 24.7 Å². The molecular formula is C28H57N2O5P. The maximum atomic E-state index is 12.5. The fourth-order valence-electron chi connectivity index (χ4n) is 3.77. The topological polar surface area (TPSA) is 69.3 Å². The monoisotopic (exact) mass is 532 g/mol. The van der Waals surface area contributed by atoms with Crippen LogP contribution in [0.5, 0.6) is 0 Å². The zero-order chi connectivity index (χ0) is 27.6. The van der Waals surface area contributed by atoms with Crippen LogP contribution in [-0.2, 0) is 18.5 Å². The van der Waals surface area contributed by atoms with Crippen LogP contribution in [0.4, 0.5) is 4.79 Å². The van der Waals surface area contributed by atoms with Crippen LogP contribution in [0.15, 0.2) is 12.7 Å². The van der Waals surface area contributed by atoms with E-state index in [2.05, 4.69) is 58.1 Å². The largest absolute Gasteiger partial charge is 0.444 e. The number of hydrogen-bond donors (Lipinski definition) is 1. The number of hydrogen-bond acceptors (Lipinski definition) is 6. The van der Waals surface area contributed by atoms with Crippen molar-refractivity contribution < 1.29 is 23.3 Å². The summed E-state index contributed by atoms with van der Waals surface area (Å²) in [6.07, 6.45) is 10.1. The van der Waals surface area contributed by atoms with Gasteiger partial charge in [0.15, 0.2) is 0 Å². The smallest absolute Gasteiger partial charge is 0.408 e. The van der Waals surface area contributed by atoms with Crippen molar-refractivity contribution in [3.05, 3.63) is 12.7 Å². The Morgan fingerprint density at radius 3 is 2.17 bits per heavy atom. The average Bonchev–Trinajstić information content (AvgIpc) is 2.75. The van der Waals surface area contributed by atoms with Crippen molar-refractivity contribution in [2.45, 2.75) is 131 Å². The van der Waals surface area contributed by atoms with Crippen molar-refractivity contribution in [1.29, 1.82) is 0 Å². The maximum Gasteiger partial charge on any atom is 0.408 e. The molecule has 0 saturated carbocycles. The molecule has 0 aromatic carbocycles. The van der Waals surface area contributed by atoms with Crippen molar-refractivity contribution in [3.8, 4) is 0 Å². The van der Waals surface area contributed by atoms with E-state index in [9.17, 15) is 4.79 Å². The highest BCUT2D eigenvalue weighted by Gasteiger charge is 2.29. The minimum Gasteiger partial charge on any atom is -0.444 e. The molecule has 36 heavy (non-hydrogen) atoms. The molecule has 1 unspecified atom stereocenters. The van der Waals surface area contributed by atoms with Crippen LogP contribution >= 0.6 is 8.53 Å². The van der Waals surface area contributed by atoms with Gasteiger partial charge in [-0.25, -0.2) is 9.46 Å². The van der Waals surface area contributed by atoms with Gasteiger partial charge in [-0.05, 0) is 60.8 Å². The van der Waals surface area contributed by atoms with E-state index < -0.39 is 20.2 Å². The van der Waals surface area contributed by atoms with Crippen LogP contribution in [0.3, 0.4) is 0 Å². The van der Waals surface area contributed by atoms with Crippen LogP contribution in [0.1, 0.15) is 107 Å². The molecule has 0 aliphatic rings. The molecule has 214 valence electrons. The molecule has 0 heterocycles. The first-order valence-electron chi connectivity index (χ1n) is 13.9. The third-order valence-electron chi connectivity index (χ3n) is 5.53. The van der Waals surface area contributed by atoms with E-state index in [0.717, 1.165) is 6.42 Å². The van der Waals surface area contributed by atoms with Gasteiger partial charge < -0.3 is 23.8 Å². The molecule has 0 rings (SSSR count). The Morgan fingerprint density at radius 2 is 1.61 bits per heavy atom. The van der Waals surface area contributed by atoms with Gasteiger partial charge in [-0.15, -0.1) is 6.58 Å². The van der Waals surface area contributed by atoms with E-state index in [4.69, 9.17) is 18.5 Å². The molecule has 0 aliphatic heterocycles. The van der Waals surface area contributed by atoms with Crippen LogP contribution in [0, 0.1) is 5.92 Å². The quantitative estimate of drug-likeness (QED) is 0.0922. The highest BCUT2D eigenvalue weighted by molar-refractivity contribution is 7.44. The predicted molar refractivity (Wildman–Crippen MR) is 152 cm³/mol.